The number of nitrogens with one attached hydrogen (secondary N) is 1. The number of halogens is 2. The summed E-state index contributed by atoms with van der Waals surface area (Å²) in [6, 6.07) is 4.07. The first-order chi connectivity index (χ1) is 9.11. The zero-order chi connectivity index (χ0) is 13.8. The molecule has 100 valence electrons. The molecule has 0 bridgehead atoms. The third-order valence-corrected chi connectivity index (χ3v) is 3.07. The Balaban J connectivity index is 2.36. The molecule has 0 saturated carbocycles. The lowest BCUT2D eigenvalue weighted by atomic mass is 10.2. The fraction of sp³-hybridized carbons (Fsp3) is 0.231. The van der Waals surface area contributed by atoms with Gasteiger partial charge in [0.15, 0.2) is 17.4 Å². The number of phenols is 1. The highest BCUT2D eigenvalue weighted by Crippen LogP contribution is 2.26. The maximum atomic E-state index is 13.3. The molecule has 0 aliphatic carbocycles. The molecular formula is C13H13BrFN3O. The van der Waals surface area contributed by atoms with Gasteiger partial charge in [0, 0.05) is 18.3 Å². The molecule has 4 nitrogen and oxygen atoms in total. The van der Waals surface area contributed by atoms with Crippen molar-refractivity contribution in [2.45, 2.75) is 13.3 Å². The summed E-state index contributed by atoms with van der Waals surface area (Å²) in [6.07, 6.45) is 2.59. The molecule has 0 fully saturated rings. The molecule has 1 heterocycles. The summed E-state index contributed by atoms with van der Waals surface area (Å²) in [5, 5.41) is 12.3. The summed E-state index contributed by atoms with van der Waals surface area (Å²) in [5.74, 6) is -0.00156. The van der Waals surface area contributed by atoms with Crippen LogP contribution in [0.3, 0.4) is 0 Å². The largest absolute Gasteiger partial charge is 0.505 e. The molecule has 0 unspecified atom stereocenters. The molecule has 1 aromatic carbocycles. The van der Waals surface area contributed by atoms with Gasteiger partial charge in [-0.3, -0.25) is 0 Å². The van der Waals surface area contributed by atoms with E-state index >= 15 is 0 Å². The lowest BCUT2D eigenvalue weighted by Gasteiger charge is -2.08. The molecule has 0 aliphatic rings. The van der Waals surface area contributed by atoms with Crippen LogP contribution >= 0.6 is 15.9 Å². The van der Waals surface area contributed by atoms with Gasteiger partial charge >= 0.3 is 0 Å². The molecule has 0 radical (unpaired) electrons. The van der Waals surface area contributed by atoms with Crippen LogP contribution in [-0.2, 0) is 0 Å². The van der Waals surface area contributed by atoms with Crippen molar-refractivity contribution >= 4 is 21.7 Å². The Labute approximate surface area is 118 Å². The normalized spacial score (nSPS) is 10.5. The summed E-state index contributed by atoms with van der Waals surface area (Å²) in [4.78, 5) is 8.48. The summed E-state index contributed by atoms with van der Waals surface area (Å²) < 4.78 is 14.1. The minimum Gasteiger partial charge on any atom is -0.505 e. The first-order valence-corrected chi connectivity index (χ1v) is 6.66. The van der Waals surface area contributed by atoms with Crippen molar-refractivity contribution in [3.05, 3.63) is 34.7 Å². The quantitative estimate of drug-likeness (QED) is 0.902. The number of phenolic OH excluding ortho intramolecular Hbond substituents is 1. The molecule has 0 saturated heterocycles. The summed E-state index contributed by atoms with van der Waals surface area (Å²) in [5.41, 5.74) is 0.516. The van der Waals surface area contributed by atoms with E-state index in [2.05, 4.69) is 38.1 Å². The maximum absolute atomic E-state index is 13.3. The number of aromatic nitrogens is 2. The Morgan fingerprint density at radius 3 is 2.89 bits per heavy atom. The lowest BCUT2D eigenvalue weighted by Crippen LogP contribution is -2.04. The third-order valence-electron chi connectivity index (χ3n) is 2.49. The Hall–Kier alpha value is -1.69. The average Bonchev–Trinajstić information content (AvgIpc) is 2.41. The van der Waals surface area contributed by atoms with Crippen LogP contribution in [0.15, 0.2) is 28.9 Å². The van der Waals surface area contributed by atoms with Crippen LogP contribution in [0.1, 0.15) is 13.3 Å². The first-order valence-electron chi connectivity index (χ1n) is 5.87. The van der Waals surface area contributed by atoms with Gasteiger partial charge in [-0.2, -0.15) is 0 Å². The van der Waals surface area contributed by atoms with Gasteiger partial charge in [-0.1, -0.05) is 6.92 Å². The molecule has 1 aromatic heterocycles. The molecule has 2 rings (SSSR count). The molecule has 2 aromatic rings. The van der Waals surface area contributed by atoms with E-state index < -0.39 is 5.82 Å². The van der Waals surface area contributed by atoms with Crippen LogP contribution in [0.2, 0.25) is 0 Å². The molecule has 2 N–H and O–H groups in total. The number of aromatic hydroxyl groups is 1. The SMILES string of the molecule is CCCNc1nc(-c2ccc(O)c(F)c2)ncc1Br. The van der Waals surface area contributed by atoms with E-state index in [1.807, 2.05) is 0 Å². The predicted molar refractivity (Wildman–Crippen MR) is 75.6 cm³/mol. The van der Waals surface area contributed by atoms with Crippen molar-refractivity contribution < 1.29 is 9.50 Å². The average molecular weight is 326 g/mol. The second kappa shape index (κ2) is 5.97. The van der Waals surface area contributed by atoms with Crippen LogP contribution in [0.5, 0.6) is 5.75 Å². The van der Waals surface area contributed by atoms with Gasteiger partial charge in [-0.05, 0) is 40.5 Å². The number of anilines is 1. The Kier molecular flexibility index (Phi) is 4.31. The summed E-state index contributed by atoms with van der Waals surface area (Å²) in [6.45, 7) is 2.84. The number of benzene rings is 1. The molecular weight excluding hydrogens is 313 g/mol. The highest BCUT2D eigenvalue weighted by atomic mass is 79.9. The second-order valence-electron chi connectivity index (χ2n) is 3.98. The monoisotopic (exact) mass is 325 g/mol. The second-order valence-corrected chi connectivity index (χ2v) is 4.84. The Morgan fingerprint density at radius 2 is 2.21 bits per heavy atom. The highest BCUT2D eigenvalue weighted by Gasteiger charge is 2.09. The molecule has 6 heteroatoms. The van der Waals surface area contributed by atoms with E-state index in [4.69, 9.17) is 5.11 Å². The highest BCUT2D eigenvalue weighted by molar-refractivity contribution is 9.10. The minimum atomic E-state index is -0.688. The van der Waals surface area contributed by atoms with Crippen LogP contribution in [0.25, 0.3) is 11.4 Å². The van der Waals surface area contributed by atoms with Crippen molar-refractivity contribution in [2.75, 3.05) is 11.9 Å². The molecule has 0 atom stereocenters. The van der Waals surface area contributed by atoms with E-state index in [1.165, 1.54) is 12.1 Å². The Morgan fingerprint density at radius 1 is 1.42 bits per heavy atom. The number of hydrogen-bond donors (Lipinski definition) is 2. The number of nitrogens with zero attached hydrogens (tertiary/aromatic N) is 2. The molecule has 0 aliphatic heterocycles. The van der Waals surface area contributed by atoms with Gasteiger partial charge in [0.2, 0.25) is 0 Å². The van der Waals surface area contributed by atoms with Gasteiger partial charge < -0.3 is 10.4 Å². The topological polar surface area (TPSA) is 58.0 Å². The van der Waals surface area contributed by atoms with Gasteiger partial charge in [0.05, 0.1) is 4.47 Å². The lowest BCUT2D eigenvalue weighted by molar-refractivity contribution is 0.432. The maximum Gasteiger partial charge on any atom is 0.165 e. The van der Waals surface area contributed by atoms with Crippen molar-refractivity contribution in [1.82, 2.24) is 9.97 Å². The Bertz CT molecular complexity index is 592. The van der Waals surface area contributed by atoms with E-state index in [0.29, 0.717) is 17.2 Å². The zero-order valence-electron chi connectivity index (χ0n) is 10.3. The standard InChI is InChI=1S/C13H13BrFN3O/c1-2-5-16-13-9(14)7-17-12(18-13)8-3-4-11(19)10(15)6-8/h3-4,6-7,19H,2,5H2,1H3,(H,16,17,18). The van der Waals surface area contributed by atoms with Crippen LogP contribution < -0.4 is 5.32 Å². The van der Waals surface area contributed by atoms with Crippen molar-refractivity contribution in [1.29, 1.82) is 0 Å². The van der Waals surface area contributed by atoms with E-state index in [1.54, 1.807) is 12.3 Å². The number of hydrogen-bond acceptors (Lipinski definition) is 4. The van der Waals surface area contributed by atoms with Gasteiger partial charge in [0.1, 0.15) is 5.82 Å². The minimum absolute atomic E-state index is 0.384. The first kappa shape index (κ1) is 13.7. The molecule has 19 heavy (non-hydrogen) atoms. The van der Waals surface area contributed by atoms with Crippen molar-refractivity contribution in [3.8, 4) is 17.1 Å². The van der Waals surface area contributed by atoms with E-state index in [-0.39, 0.29) is 5.75 Å². The van der Waals surface area contributed by atoms with E-state index in [9.17, 15) is 4.39 Å². The predicted octanol–water partition coefficient (Wildman–Crippen LogP) is 3.57. The fourth-order valence-electron chi connectivity index (χ4n) is 1.52. The smallest absolute Gasteiger partial charge is 0.165 e. The number of rotatable bonds is 4. The van der Waals surface area contributed by atoms with Gasteiger partial charge in [-0.25, -0.2) is 14.4 Å². The molecule has 0 amide bonds. The van der Waals surface area contributed by atoms with E-state index in [0.717, 1.165) is 17.4 Å². The third kappa shape index (κ3) is 3.20. The van der Waals surface area contributed by atoms with Gasteiger partial charge in [0.25, 0.3) is 0 Å². The summed E-state index contributed by atoms with van der Waals surface area (Å²) >= 11 is 3.36. The van der Waals surface area contributed by atoms with Crippen molar-refractivity contribution in [2.24, 2.45) is 0 Å². The summed E-state index contributed by atoms with van der Waals surface area (Å²) in [7, 11) is 0. The van der Waals surface area contributed by atoms with Crippen molar-refractivity contribution in [3.63, 3.8) is 0 Å². The fourth-order valence-corrected chi connectivity index (χ4v) is 1.85. The molecule has 0 spiro atoms. The van der Waals surface area contributed by atoms with Gasteiger partial charge in [-0.15, -0.1) is 0 Å². The zero-order valence-corrected chi connectivity index (χ0v) is 11.9. The van der Waals surface area contributed by atoms with Crippen LogP contribution in [-0.4, -0.2) is 21.6 Å². The van der Waals surface area contributed by atoms with Crippen LogP contribution in [0, 0.1) is 5.82 Å². The van der Waals surface area contributed by atoms with Crippen LogP contribution in [0.4, 0.5) is 10.2 Å².